The van der Waals surface area contributed by atoms with Gasteiger partial charge in [-0.3, -0.25) is 19.3 Å². The summed E-state index contributed by atoms with van der Waals surface area (Å²) in [6, 6.07) is 16.2. The summed E-state index contributed by atoms with van der Waals surface area (Å²) in [6.07, 6.45) is 3.89. The Balaban J connectivity index is 1.04. The molecule has 0 unspecified atom stereocenters. The molecule has 4 aromatic rings. The van der Waals surface area contributed by atoms with Gasteiger partial charge in [0.05, 0.1) is 16.8 Å². The lowest BCUT2D eigenvalue weighted by Crippen LogP contribution is -2.48. The number of nitrogens with zero attached hydrogens (tertiary/aromatic N) is 4. The molecule has 2 atom stereocenters. The molecule has 2 bridgehead atoms. The van der Waals surface area contributed by atoms with Crippen molar-refractivity contribution in [3.8, 4) is 5.75 Å². The average Bonchev–Trinajstić information content (AvgIpc) is 3.70. The molecule has 2 saturated heterocycles. The quantitative estimate of drug-likeness (QED) is 0.344. The maximum Gasteiger partial charge on any atom is 0.272 e. The molecule has 0 aliphatic carbocycles. The molecule has 11 nitrogen and oxygen atoms in total. The number of piperazine rings is 1. The average molecular weight is 538 g/mol. The fraction of sp³-hybridized carbons (Fsp3) is 0.276. The highest BCUT2D eigenvalue weighted by Crippen LogP contribution is 2.34. The van der Waals surface area contributed by atoms with Crippen LogP contribution in [-0.2, 0) is 17.9 Å². The molecule has 3 amide bonds. The first-order valence-electron chi connectivity index (χ1n) is 13.3. The number of H-pyrrole nitrogens is 1. The number of aromatic amines is 1. The second kappa shape index (κ2) is 9.76. The molecule has 2 aromatic heterocycles. The van der Waals surface area contributed by atoms with E-state index in [1.165, 1.54) is 11.9 Å². The molecule has 5 heterocycles. The second-order valence-electron chi connectivity index (χ2n) is 10.4. The number of aromatic nitrogens is 3. The van der Waals surface area contributed by atoms with Crippen LogP contribution in [0.2, 0.25) is 0 Å². The predicted octanol–water partition coefficient (Wildman–Crippen LogP) is 2.32. The van der Waals surface area contributed by atoms with Gasteiger partial charge >= 0.3 is 0 Å². The Morgan fingerprint density at radius 2 is 1.93 bits per heavy atom. The largest absolute Gasteiger partial charge is 0.482 e. The smallest absolute Gasteiger partial charge is 0.272 e. The Morgan fingerprint density at radius 3 is 2.75 bits per heavy atom. The molecule has 0 saturated carbocycles. The van der Waals surface area contributed by atoms with Gasteiger partial charge < -0.3 is 25.3 Å². The molecule has 11 heteroatoms. The van der Waals surface area contributed by atoms with E-state index in [4.69, 9.17) is 4.74 Å². The van der Waals surface area contributed by atoms with Crippen molar-refractivity contribution < 1.29 is 19.1 Å². The Kier molecular flexibility index (Phi) is 5.93. The third-order valence-corrected chi connectivity index (χ3v) is 7.88. The van der Waals surface area contributed by atoms with Crippen LogP contribution in [0.4, 0.5) is 5.69 Å². The van der Waals surface area contributed by atoms with Gasteiger partial charge in [-0.25, -0.2) is 9.97 Å². The Morgan fingerprint density at radius 1 is 1.05 bits per heavy atom. The normalized spacial score (nSPS) is 19.8. The van der Waals surface area contributed by atoms with Crippen molar-refractivity contribution in [2.24, 2.45) is 0 Å². The number of ether oxygens (including phenoxy) is 1. The van der Waals surface area contributed by atoms with Gasteiger partial charge in [0.1, 0.15) is 17.6 Å². The first kappa shape index (κ1) is 24.3. The van der Waals surface area contributed by atoms with Crippen LogP contribution < -0.4 is 15.4 Å². The number of hydrogen-bond donors (Lipinski definition) is 3. The Bertz CT molecular complexity index is 1640. The van der Waals surface area contributed by atoms with Gasteiger partial charge in [0.2, 0.25) is 0 Å². The summed E-state index contributed by atoms with van der Waals surface area (Å²) in [4.78, 5) is 54.3. The van der Waals surface area contributed by atoms with E-state index < -0.39 is 5.91 Å². The summed E-state index contributed by atoms with van der Waals surface area (Å²) in [5.74, 6) is -0.115. The summed E-state index contributed by atoms with van der Waals surface area (Å²) in [6.45, 7) is 2.61. The number of anilines is 1. The third kappa shape index (κ3) is 4.34. The minimum Gasteiger partial charge on any atom is -0.482 e. The van der Waals surface area contributed by atoms with Gasteiger partial charge in [-0.1, -0.05) is 36.4 Å². The molecular formula is C29H27N7O4. The zero-order chi connectivity index (χ0) is 27.2. The summed E-state index contributed by atoms with van der Waals surface area (Å²) < 4.78 is 5.38. The van der Waals surface area contributed by atoms with Crippen LogP contribution in [0, 0.1) is 0 Å². The SMILES string of the molecule is O=C1COc2ccc(CNC(=O)c3ncnc4c(C(=O)N5C[C@H]6C[C@@H]5CN6Cc5ccccc5)c[nH]c34)cc2N1. The molecule has 202 valence electrons. The monoisotopic (exact) mass is 537 g/mol. The fourth-order valence-electron chi connectivity index (χ4n) is 5.95. The molecular weight excluding hydrogens is 510 g/mol. The van der Waals surface area contributed by atoms with Gasteiger partial charge in [-0.15, -0.1) is 0 Å². The Labute approximate surface area is 229 Å². The zero-order valence-corrected chi connectivity index (χ0v) is 21.6. The summed E-state index contributed by atoms with van der Waals surface area (Å²) in [5, 5.41) is 5.62. The van der Waals surface area contributed by atoms with Crippen molar-refractivity contribution in [3.05, 3.63) is 83.4 Å². The van der Waals surface area contributed by atoms with Gasteiger partial charge in [0.15, 0.2) is 12.3 Å². The number of rotatable bonds is 6. The van der Waals surface area contributed by atoms with Crippen LogP contribution >= 0.6 is 0 Å². The number of benzene rings is 2. The van der Waals surface area contributed by atoms with E-state index in [9.17, 15) is 14.4 Å². The van der Waals surface area contributed by atoms with Crippen LogP contribution in [0.25, 0.3) is 11.0 Å². The van der Waals surface area contributed by atoms with Gasteiger partial charge in [-0.2, -0.15) is 0 Å². The van der Waals surface area contributed by atoms with Gasteiger partial charge in [0, 0.05) is 44.5 Å². The van der Waals surface area contributed by atoms with E-state index in [2.05, 4.69) is 54.8 Å². The number of carbonyl (C=O) groups excluding carboxylic acids is 3. The highest BCUT2D eigenvalue weighted by atomic mass is 16.5. The molecule has 3 aliphatic rings. The van der Waals surface area contributed by atoms with Crippen LogP contribution in [0.15, 0.2) is 61.1 Å². The van der Waals surface area contributed by atoms with Crippen LogP contribution in [0.5, 0.6) is 5.75 Å². The standard InChI is InChI=1S/C29H27N7O4/c37-24-15-40-23-7-6-18(8-22(23)34-24)10-31-28(38)27-26-25(32-16-33-27)21(11-30-26)29(39)36-14-19-9-20(36)13-35(19)12-17-4-2-1-3-5-17/h1-8,11,16,19-20,30H,9-10,12-15H2,(H,31,38)(H,34,37)/t19-,20-/m1/s1. The lowest BCUT2D eigenvalue weighted by molar-refractivity contribution is -0.118. The number of amides is 3. The van der Waals surface area contributed by atoms with Crippen molar-refractivity contribution in [2.75, 3.05) is 25.0 Å². The Hall–Kier alpha value is -4.77. The minimum absolute atomic E-state index is 0.0147. The van der Waals surface area contributed by atoms with Crippen molar-refractivity contribution >= 4 is 34.4 Å². The van der Waals surface area contributed by atoms with Gasteiger partial charge in [-0.05, 0) is 29.7 Å². The second-order valence-corrected chi connectivity index (χ2v) is 10.4. The van der Waals surface area contributed by atoms with E-state index in [0.717, 1.165) is 25.1 Å². The van der Waals surface area contributed by atoms with E-state index >= 15 is 0 Å². The van der Waals surface area contributed by atoms with Crippen molar-refractivity contribution in [1.82, 2.24) is 30.1 Å². The first-order chi connectivity index (χ1) is 19.5. The van der Waals surface area contributed by atoms with E-state index in [0.29, 0.717) is 40.6 Å². The number of fused-ring (bicyclic) bond motifs is 4. The van der Waals surface area contributed by atoms with Crippen molar-refractivity contribution in [1.29, 1.82) is 0 Å². The van der Waals surface area contributed by atoms with E-state index in [1.807, 2.05) is 17.0 Å². The molecule has 3 aliphatic heterocycles. The number of nitrogens with one attached hydrogen (secondary N) is 3. The molecule has 40 heavy (non-hydrogen) atoms. The molecule has 2 aromatic carbocycles. The lowest BCUT2D eigenvalue weighted by atomic mass is 10.1. The molecule has 7 rings (SSSR count). The van der Waals surface area contributed by atoms with E-state index in [1.54, 1.807) is 18.3 Å². The summed E-state index contributed by atoms with van der Waals surface area (Å²) in [5.41, 5.74) is 4.09. The van der Waals surface area contributed by atoms with Crippen LogP contribution in [0.1, 0.15) is 38.4 Å². The van der Waals surface area contributed by atoms with Crippen molar-refractivity contribution in [2.45, 2.75) is 31.6 Å². The first-order valence-corrected chi connectivity index (χ1v) is 13.3. The zero-order valence-electron chi connectivity index (χ0n) is 21.6. The molecule has 0 spiro atoms. The fourth-order valence-corrected chi connectivity index (χ4v) is 5.95. The van der Waals surface area contributed by atoms with E-state index in [-0.39, 0.29) is 36.7 Å². The number of carbonyl (C=O) groups is 3. The maximum atomic E-state index is 13.6. The lowest BCUT2D eigenvalue weighted by Gasteiger charge is -2.34. The molecule has 2 fully saturated rings. The maximum absolute atomic E-state index is 13.6. The van der Waals surface area contributed by atoms with Crippen molar-refractivity contribution in [3.63, 3.8) is 0 Å². The molecule has 3 N–H and O–H groups in total. The van der Waals surface area contributed by atoms with Crippen LogP contribution in [0.3, 0.4) is 0 Å². The minimum atomic E-state index is -0.400. The summed E-state index contributed by atoms with van der Waals surface area (Å²) in [7, 11) is 0. The highest BCUT2D eigenvalue weighted by molar-refractivity contribution is 6.10. The number of hydrogen-bond acceptors (Lipinski definition) is 7. The van der Waals surface area contributed by atoms with Crippen LogP contribution in [-0.4, -0.2) is 74.3 Å². The molecule has 0 radical (unpaired) electrons. The highest BCUT2D eigenvalue weighted by Gasteiger charge is 2.45. The third-order valence-electron chi connectivity index (χ3n) is 7.88. The predicted molar refractivity (Wildman–Crippen MR) is 146 cm³/mol. The topological polar surface area (TPSA) is 133 Å². The summed E-state index contributed by atoms with van der Waals surface area (Å²) >= 11 is 0. The van der Waals surface area contributed by atoms with Gasteiger partial charge in [0.25, 0.3) is 17.7 Å². The number of likely N-dealkylation sites (tertiary alicyclic amines) is 2.